The lowest BCUT2D eigenvalue weighted by molar-refractivity contribution is 0.217. The van der Waals surface area contributed by atoms with Gasteiger partial charge >= 0.3 is 0 Å². The zero-order valence-electron chi connectivity index (χ0n) is 9.36. The van der Waals surface area contributed by atoms with Gasteiger partial charge < -0.3 is 5.11 Å². The van der Waals surface area contributed by atoms with Gasteiger partial charge in [-0.2, -0.15) is 0 Å². The molecule has 1 aliphatic rings. The van der Waals surface area contributed by atoms with E-state index in [1.165, 1.54) is 0 Å². The Hall–Kier alpha value is -0.670. The molecule has 1 heterocycles. The molecule has 1 atom stereocenters. The molecule has 0 amide bonds. The first-order valence-corrected chi connectivity index (χ1v) is 7.28. The van der Waals surface area contributed by atoms with Gasteiger partial charge in [-0.05, 0) is 23.3 Å². The van der Waals surface area contributed by atoms with Crippen LogP contribution in [0, 0.1) is 0 Å². The van der Waals surface area contributed by atoms with Crippen molar-refractivity contribution in [3.63, 3.8) is 0 Å². The minimum Gasteiger partial charge on any atom is -0.384 e. The maximum Gasteiger partial charge on any atom is 0.105 e. The van der Waals surface area contributed by atoms with E-state index >= 15 is 0 Å². The van der Waals surface area contributed by atoms with Crippen molar-refractivity contribution in [2.24, 2.45) is 0 Å². The minimum absolute atomic E-state index is 0.481. The molecule has 1 nitrogen and oxygen atoms in total. The smallest absolute Gasteiger partial charge is 0.105 e. The molecule has 1 aliphatic heterocycles. The molecule has 0 aliphatic carbocycles. The number of halogens is 2. The summed E-state index contributed by atoms with van der Waals surface area (Å²) >= 11 is 13.7. The van der Waals surface area contributed by atoms with Gasteiger partial charge in [-0.15, -0.1) is 11.8 Å². The first kappa shape index (κ1) is 12.4. The molecule has 3 rings (SSSR count). The van der Waals surface area contributed by atoms with Gasteiger partial charge in [0.2, 0.25) is 0 Å². The number of rotatable bonds is 0. The highest BCUT2D eigenvalue weighted by molar-refractivity contribution is 7.98. The highest BCUT2D eigenvalue weighted by Gasteiger charge is 2.22. The number of aliphatic hydroxyl groups excluding tert-OH is 1. The van der Waals surface area contributed by atoms with Crippen LogP contribution in [0.3, 0.4) is 0 Å². The number of hydrogen-bond acceptors (Lipinski definition) is 2. The molecule has 18 heavy (non-hydrogen) atoms. The first-order chi connectivity index (χ1) is 8.66. The number of thioether (sulfide) groups is 1. The lowest BCUT2D eigenvalue weighted by atomic mass is 9.98. The average Bonchev–Trinajstić information content (AvgIpc) is 2.51. The molecule has 2 aromatic carbocycles. The van der Waals surface area contributed by atoms with Crippen molar-refractivity contribution in [1.82, 2.24) is 0 Å². The Labute approximate surface area is 120 Å². The SMILES string of the molecule is OC1c2ccccc2CSc2cc(Cl)c(Cl)cc21. The third-order valence-electron chi connectivity index (χ3n) is 3.08. The van der Waals surface area contributed by atoms with E-state index in [9.17, 15) is 5.11 Å². The van der Waals surface area contributed by atoms with E-state index in [1.54, 1.807) is 17.8 Å². The molecule has 92 valence electrons. The van der Waals surface area contributed by atoms with Gasteiger partial charge in [0.05, 0.1) is 10.0 Å². The lowest BCUT2D eigenvalue weighted by Gasteiger charge is -2.14. The van der Waals surface area contributed by atoms with Crippen molar-refractivity contribution in [2.45, 2.75) is 16.8 Å². The van der Waals surface area contributed by atoms with Crippen molar-refractivity contribution in [2.75, 3.05) is 0 Å². The second kappa shape index (κ2) is 4.78. The number of benzene rings is 2. The zero-order chi connectivity index (χ0) is 12.7. The number of fused-ring (bicyclic) bond motifs is 2. The number of aliphatic hydroxyl groups is 1. The van der Waals surface area contributed by atoms with E-state index in [2.05, 4.69) is 0 Å². The maximum absolute atomic E-state index is 10.5. The second-order valence-electron chi connectivity index (χ2n) is 4.19. The molecule has 0 aromatic heterocycles. The third-order valence-corrected chi connectivity index (χ3v) is 4.92. The molecule has 1 N–H and O–H groups in total. The zero-order valence-corrected chi connectivity index (χ0v) is 11.7. The van der Waals surface area contributed by atoms with Gasteiger partial charge in [0.25, 0.3) is 0 Å². The molecule has 0 radical (unpaired) electrons. The normalized spacial score (nSPS) is 17.8. The fourth-order valence-corrected chi connectivity index (χ4v) is 3.65. The molecule has 0 spiro atoms. The standard InChI is InChI=1S/C14H10Cl2OS/c15-11-5-10-13(6-12(11)16)18-7-8-3-1-2-4-9(8)14(10)17/h1-6,14,17H,7H2. The van der Waals surface area contributed by atoms with Crippen molar-refractivity contribution < 1.29 is 5.11 Å². The van der Waals surface area contributed by atoms with Crippen LogP contribution in [0.25, 0.3) is 0 Å². The van der Waals surface area contributed by atoms with E-state index < -0.39 is 6.10 Å². The summed E-state index contributed by atoms with van der Waals surface area (Å²) in [5.74, 6) is 0.832. The topological polar surface area (TPSA) is 20.2 Å². The predicted molar refractivity (Wildman–Crippen MR) is 76.5 cm³/mol. The highest BCUT2D eigenvalue weighted by atomic mass is 35.5. The average molecular weight is 297 g/mol. The summed E-state index contributed by atoms with van der Waals surface area (Å²) in [4.78, 5) is 0.994. The molecule has 2 aromatic rings. The fraction of sp³-hybridized carbons (Fsp3) is 0.143. The highest BCUT2D eigenvalue weighted by Crippen LogP contribution is 2.42. The quantitative estimate of drug-likeness (QED) is 0.762. The molecule has 1 unspecified atom stereocenters. The van der Waals surface area contributed by atoms with Crippen LogP contribution in [0.1, 0.15) is 22.8 Å². The summed E-state index contributed by atoms with van der Waals surface area (Å²) in [7, 11) is 0. The number of hydrogen-bond donors (Lipinski definition) is 1. The van der Waals surface area contributed by atoms with Crippen molar-refractivity contribution in [3.8, 4) is 0 Å². The molecule has 4 heteroatoms. The molecule has 0 fully saturated rings. The van der Waals surface area contributed by atoms with Crippen LogP contribution < -0.4 is 0 Å². The van der Waals surface area contributed by atoms with E-state index in [0.29, 0.717) is 10.0 Å². The van der Waals surface area contributed by atoms with Crippen molar-refractivity contribution in [1.29, 1.82) is 0 Å². The largest absolute Gasteiger partial charge is 0.384 e. The first-order valence-electron chi connectivity index (χ1n) is 5.54. The molecular weight excluding hydrogens is 287 g/mol. The van der Waals surface area contributed by atoms with Crippen molar-refractivity contribution in [3.05, 3.63) is 63.1 Å². The monoisotopic (exact) mass is 296 g/mol. The van der Waals surface area contributed by atoms with Gasteiger partial charge in [-0.3, -0.25) is 0 Å². The van der Waals surface area contributed by atoms with Crippen LogP contribution in [-0.4, -0.2) is 5.11 Å². The van der Waals surface area contributed by atoms with Gasteiger partial charge in [0.15, 0.2) is 0 Å². The maximum atomic E-state index is 10.5. The summed E-state index contributed by atoms with van der Waals surface area (Å²) < 4.78 is 0. The van der Waals surface area contributed by atoms with Gasteiger partial charge in [-0.25, -0.2) is 0 Å². The van der Waals surface area contributed by atoms with E-state index in [1.807, 2.05) is 30.3 Å². The summed E-state index contributed by atoms with van der Waals surface area (Å²) in [5, 5.41) is 11.5. The molecule has 0 saturated carbocycles. The summed E-state index contributed by atoms with van der Waals surface area (Å²) in [6, 6.07) is 11.5. The van der Waals surface area contributed by atoms with Gasteiger partial charge in [0, 0.05) is 16.2 Å². The van der Waals surface area contributed by atoms with Gasteiger partial charge in [-0.1, -0.05) is 47.5 Å². The lowest BCUT2D eigenvalue weighted by Crippen LogP contribution is -2.01. The Morgan fingerprint density at radius 1 is 1.06 bits per heavy atom. The van der Waals surface area contributed by atoms with Crippen LogP contribution >= 0.6 is 35.0 Å². The van der Waals surface area contributed by atoms with E-state index in [4.69, 9.17) is 23.2 Å². The Kier molecular flexibility index (Phi) is 3.29. The van der Waals surface area contributed by atoms with Crippen LogP contribution in [0.15, 0.2) is 41.3 Å². The van der Waals surface area contributed by atoms with E-state index in [0.717, 1.165) is 27.3 Å². The van der Waals surface area contributed by atoms with Crippen LogP contribution in [-0.2, 0) is 5.75 Å². The van der Waals surface area contributed by atoms with Crippen molar-refractivity contribution >= 4 is 35.0 Å². The third kappa shape index (κ3) is 2.04. The second-order valence-corrected chi connectivity index (χ2v) is 6.03. The van der Waals surface area contributed by atoms with Crippen LogP contribution in [0.2, 0.25) is 10.0 Å². The minimum atomic E-state index is -0.638. The Morgan fingerprint density at radius 2 is 1.78 bits per heavy atom. The van der Waals surface area contributed by atoms with Crippen LogP contribution in [0.5, 0.6) is 0 Å². The predicted octanol–water partition coefficient (Wildman–Crippen LogP) is 4.68. The fourth-order valence-electron chi connectivity index (χ4n) is 2.14. The summed E-state index contributed by atoms with van der Waals surface area (Å²) in [6.45, 7) is 0. The van der Waals surface area contributed by atoms with E-state index in [-0.39, 0.29) is 0 Å². The Bertz CT molecular complexity index is 613. The Morgan fingerprint density at radius 3 is 2.61 bits per heavy atom. The Balaban J connectivity index is 2.19. The molecule has 0 bridgehead atoms. The summed E-state index contributed by atoms with van der Waals surface area (Å²) in [5.41, 5.74) is 2.93. The van der Waals surface area contributed by atoms with Crippen LogP contribution in [0.4, 0.5) is 0 Å². The van der Waals surface area contributed by atoms with Gasteiger partial charge in [0.1, 0.15) is 6.10 Å². The molecular formula is C14H10Cl2OS. The summed E-state index contributed by atoms with van der Waals surface area (Å²) in [6.07, 6.45) is -0.638. The molecule has 0 saturated heterocycles.